The van der Waals surface area contributed by atoms with Crippen LogP contribution in [0.25, 0.3) is 0 Å². The van der Waals surface area contributed by atoms with E-state index in [1.807, 2.05) is 13.0 Å². The van der Waals surface area contributed by atoms with Gasteiger partial charge in [0.15, 0.2) is 0 Å². The Hall–Kier alpha value is -2.27. The molecule has 6 heteroatoms. The summed E-state index contributed by atoms with van der Waals surface area (Å²) in [6.45, 7) is 2.32. The molecule has 116 valence electrons. The van der Waals surface area contributed by atoms with Gasteiger partial charge in [0.1, 0.15) is 11.4 Å². The van der Waals surface area contributed by atoms with E-state index in [0.29, 0.717) is 18.1 Å². The number of carbonyl (C=O) groups is 1. The monoisotopic (exact) mass is 320 g/mol. The fraction of sp³-hybridized carbons (Fsp3) is 0.250. The van der Waals surface area contributed by atoms with E-state index >= 15 is 0 Å². The summed E-state index contributed by atoms with van der Waals surface area (Å²) in [6.07, 6.45) is 2.35. The molecule has 2 rings (SSSR count). The van der Waals surface area contributed by atoms with Crippen LogP contribution in [-0.2, 0) is 4.79 Å². The summed E-state index contributed by atoms with van der Waals surface area (Å²) in [7, 11) is 0. The standard InChI is InChI=1S/C16H17ClN2O3/c1-11-10-12(6-7-13(11)17)22-9-3-5-15(20)19-14-4-2-8-18-16(14)21/h2,4,6-8,10H,3,5,9H2,1H3,(H,18,21)(H,19,20). The van der Waals surface area contributed by atoms with Gasteiger partial charge >= 0.3 is 0 Å². The Morgan fingerprint density at radius 3 is 2.91 bits per heavy atom. The SMILES string of the molecule is Cc1cc(OCCCC(=O)Nc2ccc[nH]c2=O)ccc1Cl. The lowest BCUT2D eigenvalue weighted by Crippen LogP contribution is -2.19. The summed E-state index contributed by atoms with van der Waals surface area (Å²) in [6, 6.07) is 8.64. The van der Waals surface area contributed by atoms with Crippen LogP contribution in [0.4, 0.5) is 5.69 Å². The molecule has 0 radical (unpaired) electrons. The Morgan fingerprint density at radius 2 is 2.18 bits per heavy atom. The molecule has 0 saturated heterocycles. The summed E-state index contributed by atoms with van der Waals surface area (Å²) in [4.78, 5) is 25.7. The molecule has 1 aromatic heterocycles. The Kier molecular flexibility index (Phi) is 5.61. The smallest absolute Gasteiger partial charge is 0.271 e. The Bertz CT molecular complexity index is 713. The van der Waals surface area contributed by atoms with Crippen LogP contribution in [0.2, 0.25) is 5.02 Å². The number of H-pyrrole nitrogens is 1. The van der Waals surface area contributed by atoms with Crippen LogP contribution >= 0.6 is 11.6 Å². The van der Waals surface area contributed by atoms with E-state index in [0.717, 1.165) is 11.3 Å². The Balaban J connectivity index is 1.74. The van der Waals surface area contributed by atoms with Crippen LogP contribution in [0.3, 0.4) is 0 Å². The van der Waals surface area contributed by atoms with Crippen LogP contribution < -0.4 is 15.6 Å². The largest absolute Gasteiger partial charge is 0.494 e. The molecule has 5 nitrogen and oxygen atoms in total. The maximum Gasteiger partial charge on any atom is 0.271 e. The van der Waals surface area contributed by atoms with Gasteiger partial charge in [-0.05, 0) is 49.2 Å². The number of aromatic nitrogens is 1. The Morgan fingerprint density at radius 1 is 1.36 bits per heavy atom. The zero-order valence-corrected chi connectivity index (χ0v) is 12.9. The molecule has 0 aliphatic carbocycles. The quantitative estimate of drug-likeness (QED) is 0.803. The first-order chi connectivity index (χ1) is 10.6. The summed E-state index contributed by atoms with van der Waals surface area (Å²) >= 11 is 5.94. The number of nitrogens with one attached hydrogen (secondary N) is 2. The lowest BCUT2D eigenvalue weighted by molar-refractivity contribution is -0.116. The topological polar surface area (TPSA) is 71.2 Å². The second-order valence-electron chi connectivity index (χ2n) is 4.82. The second kappa shape index (κ2) is 7.66. The third-order valence-electron chi connectivity index (χ3n) is 3.04. The van der Waals surface area contributed by atoms with Crippen molar-refractivity contribution in [3.05, 3.63) is 57.5 Å². The molecule has 0 spiro atoms. The van der Waals surface area contributed by atoms with E-state index in [-0.39, 0.29) is 23.6 Å². The van der Waals surface area contributed by atoms with Crippen molar-refractivity contribution in [1.82, 2.24) is 4.98 Å². The molecule has 0 aliphatic heterocycles. The van der Waals surface area contributed by atoms with Gasteiger partial charge in [0, 0.05) is 17.6 Å². The number of ether oxygens (including phenoxy) is 1. The summed E-state index contributed by atoms with van der Waals surface area (Å²) in [5.74, 6) is 0.509. The lowest BCUT2D eigenvalue weighted by atomic mass is 10.2. The van der Waals surface area contributed by atoms with Gasteiger partial charge in [-0.3, -0.25) is 9.59 Å². The van der Waals surface area contributed by atoms with Gasteiger partial charge in [0.2, 0.25) is 5.91 Å². The molecule has 0 saturated carbocycles. The molecular weight excluding hydrogens is 304 g/mol. The van der Waals surface area contributed by atoms with Crippen molar-refractivity contribution in [3.8, 4) is 5.75 Å². The van der Waals surface area contributed by atoms with Crippen molar-refractivity contribution >= 4 is 23.2 Å². The average molecular weight is 321 g/mol. The van der Waals surface area contributed by atoms with Crippen LogP contribution in [0, 0.1) is 6.92 Å². The van der Waals surface area contributed by atoms with E-state index in [9.17, 15) is 9.59 Å². The van der Waals surface area contributed by atoms with E-state index in [4.69, 9.17) is 16.3 Å². The zero-order valence-electron chi connectivity index (χ0n) is 12.2. The number of carbonyl (C=O) groups excluding carboxylic acids is 1. The number of aromatic amines is 1. The zero-order chi connectivity index (χ0) is 15.9. The fourth-order valence-electron chi connectivity index (χ4n) is 1.86. The number of benzene rings is 1. The number of rotatable bonds is 6. The molecule has 0 bridgehead atoms. The first-order valence-electron chi connectivity index (χ1n) is 6.93. The number of anilines is 1. The van der Waals surface area contributed by atoms with E-state index in [2.05, 4.69) is 10.3 Å². The highest BCUT2D eigenvalue weighted by Crippen LogP contribution is 2.21. The molecule has 1 heterocycles. The number of hydrogen-bond acceptors (Lipinski definition) is 3. The normalized spacial score (nSPS) is 10.3. The van der Waals surface area contributed by atoms with Gasteiger partial charge in [0.05, 0.1) is 6.61 Å². The van der Waals surface area contributed by atoms with Gasteiger partial charge in [-0.2, -0.15) is 0 Å². The van der Waals surface area contributed by atoms with Gasteiger partial charge in [0.25, 0.3) is 5.56 Å². The molecule has 1 amide bonds. The highest BCUT2D eigenvalue weighted by molar-refractivity contribution is 6.31. The number of hydrogen-bond donors (Lipinski definition) is 2. The summed E-state index contributed by atoms with van der Waals surface area (Å²) in [5.41, 5.74) is 0.880. The molecule has 22 heavy (non-hydrogen) atoms. The van der Waals surface area contributed by atoms with Gasteiger partial charge < -0.3 is 15.0 Å². The van der Waals surface area contributed by atoms with E-state index < -0.39 is 0 Å². The predicted octanol–water partition coefficient (Wildman–Crippen LogP) is 3.13. The van der Waals surface area contributed by atoms with Crippen molar-refractivity contribution in [2.24, 2.45) is 0 Å². The van der Waals surface area contributed by atoms with E-state index in [1.165, 1.54) is 6.20 Å². The maximum atomic E-state index is 11.7. The fourth-order valence-corrected chi connectivity index (χ4v) is 1.98. The third-order valence-corrected chi connectivity index (χ3v) is 3.46. The van der Waals surface area contributed by atoms with Crippen molar-refractivity contribution in [3.63, 3.8) is 0 Å². The highest BCUT2D eigenvalue weighted by Gasteiger charge is 2.05. The summed E-state index contributed by atoms with van der Waals surface area (Å²) in [5, 5.41) is 3.26. The van der Waals surface area contributed by atoms with Crippen molar-refractivity contribution in [1.29, 1.82) is 0 Å². The number of pyridine rings is 1. The lowest BCUT2D eigenvalue weighted by Gasteiger charge is -2.08. The van der Waals surface area contributed by atoms with Gasteiger partial charge in [-0.15, -0.1) is 0 Å². The van der Waals surface area contributed by atoms with Gasteiger partial charge in [-0.1, -0.05) is 11.6 Å². The minimum Gasteiger partial charge on any atom is -0.494 e. The molecule has 2 N–H and O–H groups in total. The van der Waals surface area contributed by atoms with Crippen molar-refractivity contribution in [2.75, 3.05) is 11.9 Å². The maximum absolute atomic E-state index is 11.7. The van der Waals surface area contributed by atoms with Crippen molar-refractivity contribution < 1.29 is 9.53 Å². The van der Waals surface area contributed by atoms with Crippen molar-refractivity contribution in [2.45, 2.75) is 19.8 Å². The van der Waals surface area contributed by atoms with Crippen LogP contribution in [0.15, 0.2) is 41.3 Å². The highest BCUT2D eigenvalue weighted by atomic mass is 35.5. The number of halogens is 1. The third kappa shape index (κ3) is 4.63. The minimum atomic E-state index is -0.316. The average Bonchev–Trinajstić information content (AvgIpc) is 2.49. The molecule has 1 aromatic carbocycles. The number of aryl methyl sites for hydroxylation is 1. The first-order valence-corrected chi connectivity index (χ1v) is 7.30. The molecule has 0 aliphatic rings. The predicted molar refractivity (Wildman–Crippen MR) is 86.6 cm³/mol. The molecule has 0 fully saturated rings. The number of amides is 1. The Labute approximate surface area is 133 Å². The molecule has 0 unspecified atom stereocenters. The minimum absolute atomic E-state index is 0.215. The molecule has 2 aromatic rings. The van der Waals surface area contributed by atoms with Crippen LogP contribution in [0.5, 0.6) is 5.75 Å². The molecular formula is C16H17ClN2O3. The van der Waals surface area contributed by atoms with E-state index in [1.54, 1.807) is 24.3 Å². The van der Waals surface area contributed by atoms with Crippen LogP contribution in [0.1, 0.15) is 18.4 Å². The van der Waals surface area contributed by atoms with Gasteiger partial charge in [-0.25, -0.2) is 0 Å². The first kappa shape index (κ1) is 16.1. The molecule has 0 atom stereocenters. The summed E-state index contributed by atoms with van der Waals surface area (Å²) < 4.78 is 5.56. The second-order valence-corrected chi connectivity index (χ2v) is 5.23. The van der Waals surface area contributed by atoms with Crippen LogP contribution in [-0.4, -0.2) is 17.5 Å².